The van der Waals surface area contributed by atoms with Crippen LogP contribution in [0.4, 0.5) is 23.0 Å². The summed E-state index contributed by atoms with van der Waals surface area (Å²) < 4.78 is 11.0. The van der Waals surface area contributed by atoms with Crippen molar-refractivity contribution in [1.29, 1.82) is 0 Å². The molecule has 0 bridgehead atoms. The molecule has 2 aromatic heterocycles. The maximum atomic E-state index is 13.0. The van der Waals surface area contributed by atoms with Crippen molar-refractivity contribution in [3.05, 3.63) is 59.8 Å². The zero-order chi connectivity index (χ0) is 25.3. The van der Waals surface area contributed by atoms with E-state index in [4.69, 9.17) is 9.47 Å². The molecular formula is C27H26N6O4. The van der Waals surface area contributed by atoms with Crippen LogP contribution in [0.1, 0.15) is 23.5 Å². The summed E-state index contributed by atoms with van der Waals surface area (Å²) in [6.07, 6.45) is 2.22. The number of hydrogen-bond acceptors (Lipinski definition) is 8. The van der Waals surface area contributed by atoms with Gasteiger partial charge in [-0.1, -0.05) is 6.07 Å². The highest BCUT2D eigenvalue weighted by Crippen LogP contribution is 2.65. The lowest BCUT2D eigenvalue weighted by atomic mass is 9.91. The number of anilines is 4. The van der Waals surface area contributed by atoms with Gasteiger partial charge in [0.2, 0.25) is 5.91 Å². The van der Waals surface area contributed by atoms with Crippen molar-refractivity contribution in [2.75, 3.05) is 42.8 Å². The number of nitrogens with one attached hydrogen (secondary N) is 3. The highest BCUT2D eigenvalue weighted by molar-refractivity contribution is 6.10. The van der Waals surface area contributed by atoms with E-state index >= 15 is 0 Å². The number of hydrogen-bond donors (Lipinski definition) is 4. The van der Waals surface area contributed by atoms with E-state index in [0.29, 0.717) is 30.5 Å². The van der Waals surface area contributed by atoms with Crippen molar-refractivity contribution >= 4 is 39.8 Å². The maximum Gasteiger partial charge on any atom is 0.235 e. The molecule has 37 heavy (non-hydrogen) atoms. The van der Waals surface area contributed by atoms with E-state index in [0.717, 1.165) is 45.6 Å². The molecule has 1 saturated heterocycles. The minimum Gasteiger partial charge on any atom is -0.497 e. The first kappa shape index (κ1) is 21.9. The van der Waals surface area contributed by atoms with Gasteiger partial charge >= 0.3 is 0 Å². The minimum absolute atomic E-state index is 0.0437. The zero-order valence-electron chi connectivity index (χ0n) is 20.4. The smallest absolute Gasteiger partial charge is 0.235 e. The quantitative estimate of drug-likeness (QED) is 0.319. The number of carbonyl (C=O) groups is 1. The second-order valence-corrected chi connectivity index (χ2v) is 9.90. The van der Waals surface area contributed by atoms with Gasteiger partial charge in [-0.05, 0) is 47.9 Å². The van der Waals surface area contributed by atoms with Crippen molar-refractivity contribution in [3.63, 3.8) is 0 Å². The summed E-state index contributed by atoms with van der Waals surface area (Å²) in [7, 11) is 3.24. The molecule has 7 rings (SSSR count). The Bertz CT molecular complexity index is 1560. The SMILES string of the molecule is COc1ccc2c(c1)[C@]1(C[C@H]1c1ccc3c(Nc4ncc(N5CC(O)C5)cc4OC)n[nH]c3c1)C(=O)N2. The summed E-state index contributed by atoms with van der Waals surface area (Å²) in [5, 5.41) is 24.4. The zero-order valence-corrected chi connectivity index (χ0v) is 20.4. The number of aliphatic hydroxyl groups excluding tert-OH is 1. The number of nitrogens with zero attached hydrogens (tertiary/aromatic N) is 3. The van der Waals surface area contributed by atoms with Crippen molar-refractivity contribution in [2.45, 2.75) is 23.9 Å². The van der Waals surface area contributed by atoms with E-state index in [1.165, 1.54) is 0 Å². The number of rotatable bonds is 6. The molecule has 2 fully saturated rings. The van der Waals surface area contributed by atoms with E-state index in [2.05, 4.69) is 37.9 Å². The van der Waals surface area contributed by atoms with Gasteiger partial charge in [-0.25, -0.2) is 4.98 Å². The number of amides is 1. The molecule has 2 atom stereocenters. The molecule has 1 spiro atoms. The molecule has 1 amide bonds. The number of carbonyl (C=O) groups excluding carboxylic acids is 1. The van der Waals surface area contributed by atoms with Crippen LogP contribution < -0.4 is 25.0 Å². The molecule has 10 nitrogen and oxygen atoms in total. The summed E-state index contributed by atoms with van der Waals surface area (Å²) >= 11 is 0. The lowest BCUT2D eigenvalue weighted by molar-refractivity contribution is -0.118. The molecule has 188 valence electrons. The molecule has 0 radical (unpaired) electrons. The fourth-order valence-corrected chi connectivity index (χ4v) is 5.68. The Kier molecular flexibility index (Phi) is 4.65. The Morgan fingerprint density at radius 3 is 2.76 bits per heavy atom. The van der Waals surface area contributed by atoms with E-state index in [1.807, 2.05) is 35.2 Å². The normalized spacial score (nSPS) is 22.1. The number of ether oxygens (including phenoxy) is 2. The molecular weight excluding hydrogens is 472 g/mol. The van der Waals surface area contributed by atoms with Gasteiger partial charge in [0.05, 0.1) is 43.1 Å². The summed E-state index contributed by atoms with van der Waals surface area (Å²) in [6, 6.07) is 13.8. The monoisotopic (exact) mass is 498 g/mol. The number of aliphatic hydroxyl groups is 1. The van der Waals surface area contributed by atoms with E-state index in [-0.39, 0.29) is 17.9 Å². The molecule has 0 unspecified atom stereocenters. The third kappa shape index (κ3) is 3.25. The fourth-order valence-electron chi connectivity index (χ4n) is 5.68. The van der Waals surface area contributed by atoms with E-state index < -0.39 is 5.41 Å². The Morgan fingerprint density at radius 1 is 1.11 bits per heavy atom. The number of aromatic amines is 1. The second kappa shape index (κ2) is 7.84. The number of aromatic nitrogens is 3. The first-order valence-electron chi connectivity index (χ1n) is 12.2. The molecule has 4 aromatic rings. The first-order valence-corrected chi connectivity index (χ1v) is 12.2. The van der Waals surface area contributed by atoms with Gasteiger partial charge in [0.15, 0.2) is 17.4 Å². The van der Waals surface area contributed by atoms with Crippen LogP contribution >= 0.6 is 0 Å². The lowest BCUT2D eigenvalue weighted by Crippen LogP contribution is -2.50. The Balaban J connectivity index is 1.16. The summed E-state index contributed by atoms with van der Waals surface area (Å²) in [6.45, 7) is 1.18. The molecule has 1 saturated carbocycles. The van der Waals surface area contributed by atoms with Crippen LogP contribution in [-0.4, -0.2) is 59.6 Å². The first-order chi connectivity index (χ1) is 18.0. The van der Waals surface area contributed by atoms with E-state index in [9.17, 15) is 9.90 Å². The predicted molar refractivity (Wildman–Crippen MR) is 139 cm³/mol. The highest BCUT2D eigenvalue weighted by Gasteiger charge is 2.65. The van der Waals surface area contributed by atoms with Crippen molar-refractivity contribution < 1.29 is 19.4 Å². The number of fused-ring (bicyclic) bond motifs is 3. The molecule has 3 aliphatic rings. The predicted octanol–water partition coefficient (Wildman–Crippen LogP) is 3.28. The Morgan fingerprint density at radius 2 is 1.97 bits per heavy atom. The maximum absolute atomic E-state index is 13.0. The number of β-amino-alcohol motifs (C(OH)–C–C–N with tert-alkyl or cyclic N) is 1. The Hall–Kier alpha value is -4.31. The van der Waals surface area contributed by atoms with Gasteiger partial charge in [0.1, 0.15) is 5.75 Å². The van der Waals surface area contributed by atoms with Crippen LogP contribution in [0, 0.1) is 0 Å². The van der Waals surface area contributed by atoms with Crippen LogP contribution in [0.15, 0.2) is 48.7 Å². The van der Waals surface area contributed by atoms with Crippen molar-refractivity contribution in [2.24, 2.45) is 0 Å². The van der Waals surface area contributed by atoms with Crippen LogP contribution in [0.5, 0.6) is 11.5 Å². The standard InChI is InChI=1S/C27H26N6O4/c1-36-17-4-6-21-19(9-17)27(26(35)29-21)10-20(27)14-3-5-18-22(7-14)31-32-24(18)30-25-23(37-2)8-15(11-28-25)33-12-16(34)13-33/h3-9,11,16,20,34H,10,12-13H2,1-2H3,(H,29,35)(H2,28,30,31,32)/t20-,27-/m0/s1. The average Bonchev–Trinajstić information content (AvgIpc) is 3.45. The van der Waals surface area contributed by atoms with Gasteiger partial charge in [0, 0.05) is 36.1 Å². The van der Waals surface area contributed by atoms with Gasteiger partial charge in [-0.2, -0.15) is 5.10 Å². The number of benzene rings is 2. The minimum atomic E-state index is -0.551. The van der Waals surface area contributed by atoms with Crippen LogP contribution in [0.3, 0.4) is 0 Å². The van der Waals surface area contributed by atoms with Gasteiger partial charge in [0.25, 0.3) is 0 Å². The van der Waals surface area contributed by atoms with Gasteiger partial charge < -0.3 is 30.1 Å². The molecule has 2 aliphatic heterocycles. The lowest BCUT2D eigenvalue weighted by Gasteiger charge is -2.37. The number of pyridine rings is 1. The second-order valence-electron chi connectivity index (χ2n) is 9.90. The molecule has 4 N–H and O–H groups in total. The number of methoxy groups -OCH3 is 2. The topological polar surface area (TPSA) is 125 Å². The van der Waals surface area contributed by atoms with Crippen LogP contribution in [0.2, 0.25) is 0 Å². The molecule has 4 heterocycles. The van der Waals surface area contributed by atoms with Crippen LogP contribution in [0.25, 0.3) is 10.9 Å². The molecule has 1 aliphatic carbocycles. The third-order valence-corrected chi connectivity index (χ3v) is 7.83. The Labute approximate surface area is 212 Å². The largest absolute Gasteiger partial charge is 0.497 e. The van der Waals surface area contributed by atoms with Gasteiger partial charge in [-0.15, -0.1) is 0 Å². The summed E-state index contributed by atoms with van der Waals surface area (Å²) in [5.74, 6) is 2.66. The summed E-state index contributed by atoms with van der Waals surface area (Å²) in [4.78, 5) is 19.6. The average molecular weight is 499 g/mol. The van der Waals surface area contributed by atoms with Gasteiger partial charge in [-0.3, -0.25) is 9.89 Å². The van der Waals surface area contributed by atoms with E-state index in [1.54, 1.807) is 20.4 Å². The highest BCUT2D eigenvalue weighted by atomic mass is 16.5. The summed E-state index contributed by atoms with van der Waals surface area (Å²) in [5.41, 5.74) is 4.17. The fraction of sp³-hybridized carbons (Fsp3) is 0.296. The molecule has 2 aromatic carbocycles. The number of H-pyrrole nitrogens is 1. The molecule has 10 heteroatoms. The third-order valence-electron chi connectivity index (χ3n) is 7.83. The van der Waals surface area contributed by atoms with Crippen molar-refractivity contribution in [1.82, 2.24) is 15.2 Å². The van der Waals surface area contributed by atoms with Crippen molar-refractivity contribution in [3.8, 4) is 11.5 Å². The van der Waals surface area contributed by atoms with Crippen LogP contribution in [-0.2, 0) is 10.2 Å².